The fraction of sp³-hybridized carbons (Fsp3) is 0.222. The van der Waals surface area contributed by atoms with Gasteiger partial charge < -0.3 is 4.74 Å². The number of rotatable bonds is 4. The summed E-state index contributed by atoms with van der Waals surface area (Å²) in [5.41, 5.74) is 1.77. The molecule has 2 atom stereocenters. The van der Waals surface area contributed by atoms with Crippen molar-refractivity contribution >= 4 is 29.3 Å². The van der Waals surface area contributed by atoms with E-state index in [1.54, 1.807) is 11.8 Å². The van der Waals surface area contributed by atoms with Gasteiger partial charge in [-0.2, -0.15) is 0 Å². The molecular weight excluding hydrogens is 310 g/mol. The third-order valence-corrected chi connectivity index (χ3v) is 4.99. The molecule has 0 aromatic heterocycles. The number of para-hydroxylation sites is 1. The molecule has 118 valence electrons. The maximum atomic E-state index is 12.8. The van der Waals surface area contributed by atoms with Crippen LogP contribution in [-0.2, 0) is 14.3 Å². The van der Waals surface area contributed by atoms with Gasteiger partial charge in [-0.05, 0) is 24.6 Å². The summed E-state index contributed by atoms with van der Waals surface area (Å²) >= 11 is 1.32. The summed E-state index contributed by atoms with van der Waals surface area (Å²) in [6.07, 6.45) is 0. The average molecular weight is 327 g/mol. The molecule has 0 saturated carbocycles. The van der Waals surface area contributed by atoms with Gasteiger partial charge in [0.2, 0.25) is 0 Å². The lowest BCUT2D eigenvalue weighted by atomic mass is 10.2. The smallest absolute Gasteiger partial charge is 0.328 e. The van der Waals surface area contributed by atoms with Crippen molar-refractivity contribution in [2.45, 2.75) is 17.5 Å². The molecule has 5 heteroatoms. The summed E-state index contributed by atoms with van der Waals surface area (Å²) in [4.78, 5) is 26.6. The lowest BCUT2D eigenvalue weighted by Crippen LogP contribution is -2.35. The van der Waals surface area contributed by atoms with Crippen LogP contribution in [0.1, 0.15) is 17.9 Å². The molecule has 0 unspecified atom stereocenters. The van der Waals surface area contributed by atoms with Gasteiger partial charge in [0.15, 0.2) is 5.25 Å². The highest BCUT2D eigenvalue weighted by Crippen LogP contribution is 2.45. The zero-order chi connectivity index (χ0) is 16.2. The van der Waals surface area contributed by atoms with Crippen LogP contribution in [0.3, 0.4) is 0 Å². The molecule has 2 aromatic carbocycles. The largest absolute Gasteiger partial charge is 0.465 e. The minimum absolute atomic E-state index is 0.228. The van der Waals surface area contributed by atoms with Gasteiger partial charge in [-0.25, -0.2) is 0 Å². The Labute approximate surface area is 139 Å². The quantitative estimate of drug-likeness (QED) is 0.638. The molecule has 1 fully saturated rings. The van der Waals surface area contributed by atoms with Crippen molar-refractivity contribution in [1.82, 2.24) is 0 Å². The number of benzene rings is 2. The van der Waals surface area contributed by atoms with Crippen molar-refractivity contribution in [1.29, 1.82) is 0 Å². The maximum absolute atomic E-state index is 12.8. The van der Waals surface area contributed by atoms with E-state index in [1.807, 2.05) is 60.7 Å². The SMILES string of the molecule is CCOC(=O)[C@@H]1S[C@@H](c2ccccc2)N(c2ccccc2)C1=O. The number of amides is 1. The number of hydrogen-bond donors (Lipinski definition) is 0. The number of carbonyl (C=O) groups excluding carboxylic acids is 2. The van der Waals surface area contributed by atoms with Crippen molar-refractivity contribution in [3.63, 3.8) is 0 Å². The molecule has 4 nitrogen and oxygen atoms in total. The number of nitrogens with zero attached hydrogens (tertiary/aromatic N) is 1. The zero-order valence-corrected chi connectivity index (χ0v) is 13.5. The summed E-state index contributed by atoms with van der Waals surface area (Å²) in [6, 6.07) is 19.1. The Hall–Kier alpha value is -2.27. The predicted octanol–water partition coefficient (Wildman–Crippen LogP) is 3.40. The molecule has 1 aliphatic heterocycles. The third-order valence-electron chi connectivity index (χ3n) is 3.58. The van der Waals surface area contributed by atoms with Gasteiger partial charge >= 0.3 is 5.97 Å². The standard InChI is InChI=1S/C18H17NO3S/c1-2-22-18(21)15-16(20)19(14-11-7-4-8-12-14)17(23-15)13-9-5-3-6-10-13/h3-12,15,17H,2H2,1H3/t15-,17+/m1/s1. The minimum atomic E-state index is -0.819. The Morgan fingerprint density at radius 3 is 2.30 bits per heavy atom. The Morgan fingerprint density at radius 1 is 1.09 bits per heavy atom. The van der Waals surface area contributed by atoms with E-state index in [0.29, 0.717) is 0 Å². The van der Waals surface area contributed by atoms with E-state index in [1.165, 1.54) is 11.8 Å². The normalized spacial score (nSPS) is 20.6. The van der Waals surface area contributed by atoms with Gasteiger partial charge in [0.25, 0.3) is 5.91 Å². The Bertz CT molecular complexity index is 690. The average Bonchev–Trinajstić information content (AvgIpc) is 2.94. The molecule has 0 bridgehead atoms. The van der Waals surface area contributed by atoms with Crippen LogP contribution in [0.25, 0.3) is 0 Å². The van der Waals surface area contributed by atoms with E-state index in [9.17, 15) is 9.59 Å². The lowest BCUT2D eigenvalue weighted by molar-refractivity contribution is -0.144. The topological polar surface area (TPSA) is 46.6 Å². The van der Waals surface area contributed by atoms with Crippen molar-refractivity contribution in [2.75, 3.05) is 11.5 Å². The third kappa shape index (κ3) is 3.10. The molecule has 1 aliphatic rings. The molecule has 1 heterocycles. The molecule has 2 aromatic rings. The first kappa shape index (κ1) is 15.6. The highest BCUT2D eigenvalue weighted by Gasteiger charge is 2.46. The second kappa shape index (κ2) is 6.87. The van der Waals surface area contributed by atoms with Crippen LogP contribution >= 0.6 is 11.8 Å². The number of ether oxygens (including phenoxy) is 1. The van der Waals surface area contributed by atoms with Gasteiger partial charge in [0, 0.05) is 5.69 Å². The van der Waals surface area contributed by atoms with Crippen molar-refractivity contribution < 1.29 is 14.3 Å². The second-order valence-corrected chi connectivity index (χ2v) is 6.27. The number of hydrogen-bond acceptors (Lipinski definition) is 4. The van der Waals surface area contributed by atoms with Crippen molar-refractivity contribution in [3.05, 3.63) is 66.2 Å². The summed E-state index contributed by atoms with van der Waals surface area (Å²) in [5.74, 6) is -0.699. The summed E-state index contributed by atoms with van der Waals surface area (Å²) < 4.78 is 5.06. The predicted molar refractivity (Wildman–Crippen MR) is 91.1 cm³/mol. The molecular formula is C18H17NO3S. The van der Waals surface area contributed by atoms with Crippen LogP contribution in [0.5, 0.6) is 0 Å². The number of anilines is 1. The van der Waals surface area contributed by atoms with Gasteiger partial charge in [-0.3, -0.25) is 14.5 Å². The van der Waals surface area contributed by atoms with E-state index in [4.69, 9.17) is 4.74 Å². The van der Waals surface area contributed by atoms with E-state index in [2.05, 4.69) is 0 Å². The number of thioether (sulfide) groups is 1. The molecule has 0 aliphatic carbocycles. The number of carbonyl (C=O) groups is 2. The van der Waals surface area contributed by atoms with Gasteiger partial charge in [-0.15, -0.1) is 11.8 Å². The fourth-order valence-electron chi connectivity index (χ4n) is 2.56. The van der Waals surface area contributed by atoms with E-state index in [0.717, 1.165) is 11.3 Å². The highest BCUT2D eigenvalue weighted by atomic mass is 32.2. The molecule has 23 heavy (non-hydrogen) atoms. The molecule has 0 radical (unpaired) electrons. The monoisotopic (exact) mass is 327 g/mol. The second-order valence-electron chi connectivity index (χ2n) is 5.08. The first-order chi connectivity index (χ1) is 11.2. The van der Waals surface area contributed by atoms with E-state index < -0.39 is 11.2 Å². The lowest BCUT2D eigenvalue weighted by Gasteiger charge is -2.24. The highest BCUT2D eigenvalue weighted by molar-refractivity contribution is 8.02. The first-order valence-corrected chi connectivity index (χ1v) is 8.42. The maximum Gasteiger partial charge on any atom is 0.328 e. The number of esters is 1. The Morgan fingerprint density at radius 2 is 1.70 bits per heavy atom. The minimum Gasteiger partial charge on any atom is -0.465 e. The van der Waals surface area contributed by atoms with Gasteiger partial charge in [0.1, 0.15) is 5.37 Å². The van der Waals surface area contributed by atoms with Crippen LogP contribution < -0.4 is 4.90 Å². The van der Waals surface area contributed by atoms with Crippen LogP contribution in [0.15, 0.2) is 60.7 Å². The zero-order valence-electron chi connectivity index (χ0n) is 12.7. The summed E-state index contributed by atoms with van der Waals surface area (Å²) in [6.45, 7) is 2.01. The molecule has 3 rings (SSSR count). The van der Waals surface area contributed by atoms with Crippen molar-refractivity contribution in [3.8, 4) is 0 Å². The summed E-state index contributed by atoms with van der Waals surface area (Å²) in [7, 11) is 0. The summed E-state index contributed by atoms with van der Waals surface area (Å²) in [5, 5.41) is -1.05. The van der Waals surface area contributed by atoms with Gasteiger partial charge in [-0.1, -0.05) is 48.5 Å². The van der Waals surface area contributed by atoms with E-state index >= 15 is 0 Å². The fourth-order valence-corrected chi connectivity index (χ4v) is 3.89. The van der Waals surface area contributed by atoms with Crippen LogP contribution in [0.4, 0.5) is 5.69 Å². The molecule has 0 spiro atoms. The molecule has 1 amide bonds. The van der Waals surface area contributed by atoms with Crippen LogP contribution in [0, 0.1) is 0 Å². The molecule has 1 saturated heterocycles. The van der Waals surface area contributed by atoms with Crippen LogP contribution in [-0.4, -0.2) is 23.7 Å². The molecule has 0 N–H and O–H groups in total. The Balaban J connectivity index is 1.98. The Kier molecular flexibility index (Phi) is 4.67. The first-order valence-electron chi connectivity index (χ1n) is 7.47. The van der Waals surface area contributed by atoms with Crippen molar-refractivity contribution in [2.24, 2.45) is 0 Å². The van der Waals surface area contributed by atoms with Gasteiger partial charge in [0.05, 0.1) is 6.61 Å². The van der Waals surface area contributed by atoms with E-state index in [-0.39, 0.29) is 17.9 Å². The van der Waals surface area contributed by atoms with Crippen LogP contribution in [0.2, 0.25) is 0 Å².